The molecule has 0 N–H and O–H groups in total. The van der Waals surface area contributed by atoms with Crippen molar-refractivity contribution < 1.29 is 4.74 Å². The summed E-state index contributed by atoms with van der Waals surface area (Å²) in [6.07, 6.45) is 3.98. The molecule has 0 bridgehead atoms. The van der Waals surface area contributed by atoms with Gasteiger partial charge in [0.15, 0.2) is 0 Å². The van der Waals surface area contributed by atoms with Crippen molar-refractivity contribution >= 4 is 0 Å². The summed E-state index contributed by atoms with van der Waals surface area (Å²) in [5.74, 6) is 1.05. The summed E-state index contributed by atoms with van der Waals surface area (Å²) in [7, 11) is 1.92. The maximum atomic E-state index is 5.74. The van der Waals surface area contributed by atoms with Crippen molar-refractivity contribution in [3.63, 3.8) is 0 Å². The van der Waals surface area contributed by atoms with E-state index in [9.17, 15) is 0 Å². The topological polar surface area (TPSA) is 39.9 Å². The van der Waals surface area contributed by atoms with E-state index in [1.807, 2.05) is 39.4 Å². The molecule has 0 spiro atoms. The van der Waals surface area contributed by atoms with Crippen LogP contribution in [0, 0.1) is 0 Å². The number of rotatable bonds is 4. The molecule has 2 heterocycles. The zero-order valence-electron chi connectivity index (χ0n) is 12.2. The van der Waals surface area contributed by atoms with Gasteiger partial charge in [-0.2, -0.15) is 5.10 Å². The quantitative estimate of drug-likeness (QED) is 0.845. The predicted octanol–water partition coefficient (Wildman–Crippen LogP) is 3.39. The van der Waals surface area contributed by atoms with Crippen LogP contribution >= 0.6 is 0 Å². The van der Waals surface area contributed by atoms with E-state index in [-0.39, 0.29) is 6.10 Å². The van der Waals surface area contributed by atoms with Crippen molar-refractivity contribution in [2.75, 3.05) is 0 Å². The van der Waals surface area contributed by atoms with E-state index in [0.29, 0.717) is 11.8 Å². The number of aryl methyl sites for hydroxylation is 1. The molecule has 0 radical (unpaired) electrons. The Hall–Kier alpha value is -1.84. The minimum Gasteiger partial charge on any atom is -0.475 e. The van der Waals surface area contributed by atoms with E-state index >= 15 is 0 Å². The third-order valence-electron chi connectivity index (χ3n) is 2.81. The molecule has 2 aromatic heterocycles. The van der Waals surface area contributed by atoms with Gasteiger partial charge in [-0.05, 0) is 31.4 Å². The summed E-state index contributed by atoms with van der Waals surface area (Å²) >= 11 is 0. The van der Waals surface area contributed by atoms with Crippen molar-refractivity contribution in [2.24, 2.45) is 7.05 Å². The molecule has 0 amide bonds. The Morgan fingerprint density at radius 1 is 1.11 bits per heavy atom. The second kappa shape index (κ2) is 5.43. The van der Waals surface area contributed by atoms with Gasteiger partial charge in [0.2, 0.25) is 5.88 Å². The van der Waals surface area contributed by atoms with Gasteiger partial charge in [-0.25, -0.2) is 4.98 Å². The molecule has 0 aromatic carbocycles. The molecule has 102 valence electrons. The van der Waals surface area contributed by atoms with Crippen LogP contribution in [0.5, 0.6) is 5.88 Å². The van der Waals surface area contributed by atoms with E-state index in [1.165, 1.54) is 0 Å². The summed E-state index contributed by atoms with van der Waals surface area (Å²) in [5, 5.41) is 4.21. The summed E-state index contributed by atoms with van der Waals surface area (Å²) in [6.45, 7) is 8.28. The third kappa shape index (κ3) is 3.34. The molecule has 4 nitrogen and oxygen atoms in total. The van der Waals surface area contributed by atoms with Gasteiger partial charge >= 0.3 is 0 Å². The van der Waals surface area contributed by atoms with Gasteiger partial charge in [-0.15, -0.1) is 0 Å². The van der Waals surface area contributed by atoms with E-state index in [4.69, 9.17) is 4.74 Å². The molecule has 0 aliphatic carbocycles. The molecule has 0 unspecified atom stereocenters. The molecular weight excluding hydrogens is 238 g/mol. The molecular formula is C15H21N3O. The number of aromatic nitrogens is 3. The van der Waals surface area contributed by atoms with Crippen LogP contribution in [-0.4, -0.2) is 20.9 Å². The first-order valence-corrected chi connectivity index (χ1v) is 6.63. The van der Waals surface area contributed by atoms with E-state index in [0.717, 1.165) is 16.8 Å². The molecule has 0 fully saturated rings. The van der Waals surface area contributed by atoms with Crippen molar-refractivity contribution in [1.29, 1.82) is 0 Å². The van der Waals surface area contributed by atoms with E-state index in [1.54, 1.807) is 4.68 Å². The highest BCUT2D eigenvalue weighted by Crippen LogP contribution is 2.26. The standard InChI is InChI=1S/C15H21N3O/c1-10(2)14-6-12(13-8-16-18(5)9-13)7-15(17-14)19-11(3)4/h6-11H,1-5H3. The average molecular weight is 259 g/mol. The fourth-order valence-electron chi connectivity index (χ4n) is 1.86. The fourth-order valence-corrected chi connectivity index (χ4v) is 1.86. The van der Waals surface area contributed by atoms with Gasteiger partial charge in [-0.3, -0.25) is 4.68 Å². The van der Waals surface area contributed by atoms with Gasteiger partial charge in [0.1, 0.15) is 0 Å². The molecule has 2 aromatic rings. The van der Waals surface area contributed by atoms with Crippen LogP contribution in [0.15, 0.2) is 24.5 Å². The van der Waals surface area contributed by atoms with Crippen LogP contribution in [0.1, 0.15) is 39.3 Å². The first-order chi connectivity index (χ1) is 8.95. The number of hydrogen-bond acceptors (Lipinski definition) is 3. The Bertz CT molecular complexity index is 558. The molecule has 0 atom stereocenters. The maximum Gasteiger partial charge on any atom is 0.214 e. The minimum atomic E-state index is 0.122. The van der Waals surface area contributed by atoms with Crippen molar-refractivity contribution in [1.82, 2.24) is 14.8 Å². The van der Waals surface area contributed by atoms with Crippen LogP contribution in [0.4, 0.5) is 0 Å². The van der Waals surface area contributed by atoms with E-state index in [2.05, 4.69) is 30.0 Å². The van der Waals surface area contributed by atoms with Gasteiger partial charge in [0.05, 0.1) is 12.3 Å². The number of pyridine rings is 1. The minimum absolute atomic E-state index is 0.122. The molecule has 0 saturated heterocycles. The largest absolute Gasteiger partial charge is 0.475 e. The molecule has 0 aliphatic rings. The van der Waals surface area contributed by atoms with Gasteiger partial charge in [0, 0.05) is 30.6 Å². The summed E-state index contributed by atoms with van der Waals surface area (Å²) in [5.41, 5.74) is 3.22. The van der Waals surface area contributed by atoms with Crippen molar-refractivity contribution in [2.45, 2.75) is 39.7 Å². The van der Waals surface area contributed by atoms with Crippen molar-refractivity contribution in [3.8, 4) is 17.0 Å². The zero-order chi connectivity index (χ0) is 14.0. The first-order valence-electron chi connectivity index (χ1n) is 6.63. The first kappa shape index (κ1) is 13.6. The summed E-state index contributed by atoms with van der Waals surface area (Å²) in [6, 6.07) is 4.08. The highest BCUT2D eigenvalue weighted by Gasteiger charge is 2.10. The van der Waals surface area contributed by atoms with E-state index < -0.39 is 0 Å². The molecule has 0 aliphatic heterocycles. The second-order valence-electron chi connectivity index (χ2n) is 5.34. The Balaban J connectivity index is 2.44. The smallest absolute Gasteiger partial charge is 0.214 e. The normalized spacial score (nSPS) is 11.3. The van der Waals surface area contributed by atoms with Gasteiger partial charge in [-0.1, -0.05) is 13.8 Å². The Morgan fingerprint density at radius 3 is 2.37 bits per heavy atom. The lowest BCUT2D eigenvalue weighted by Crippen LogP contribution is -2.08. The van der Waals surface area contributed by atoms with Crippen LogP contribution in [0.25, 0.3) is 11.1 Å². The average Bonchev–Trinajstić information content (AvgIpc) is 2.74. The Kier molecular flexibility index (Phi) is 3.88. The molecule has 4 heteroatoms. The SMILES string of the molecule is CC(C)Oc1cc(-c2cnn(C)c2)cc(C(C)C)n1. The van der Waals surface area contributed by atoms with Gasteiger partial charge in [0.25, 0.3) is 0 Å². The number of hydrogen-bond donors (Lipinski definition) is 0. The van der Waals surface area contributed by atoms with Crippen LogP contribution < -0.4 is 4.74 Å². The summed E-state index contributed by atoms with van der Waals surface area (Å²) in [4.78, 5) is 4.56. The lowest BCUT2D eigenvalue weighted by atomic mass is 10.0. The molecule has 2 rings (SSSR count). The monoisotopic (exact) mass is 259 g/mol. The Labute approximate surface area is 114 Å². The fraction of sp³-hybridized carbons (Fsp3) is 0.467. The lowest BCUT2D eigenvalue weighted by Gasteiger charge is -2.13. The zero-order valence-corrected chi connectivity index (χ0v) is 12.2. The maximum absolute atomic E-state index is 5.74. The third-order valence-corrected chi connectivity index (χ3v) is 2.81. The summed E-state index contributed by atoms with van der Waals surface area (Å²) < 4.78 is 7.54. The molecule has 0 saturated carbocycles. The van der Waals surface area contributed by atoms with Crippen LogP contribution in [0.3, 0.4) is 0 Å². The van der Waals surface area contributed by atoms with Crippen LogP contribution in [-0.2, 0) is 7.05 Å². The highest BCUT2D eigenvalue weighted by molar-refractivity contribution is 5.63. The Morgan fingerprint density at radius 2 is 1.84 bits per heavy atom. The number of ether oxygens (including phenoxy) is 1. The second-order valence-corrected chi connectivity index (χ2v) is 5.34. The van der Waals surface area contributed by atoms with Crippen molar-refractivity contribution in [3.05, 3.63) is 30.2 Å². The van der Waals surface area contributed by atoms with Crippen LogP contribution in [0.2, 0.25) is 0 Å². The van der Waals surface area contributed by atoms with Gasteiger partial charge < -0.3 is 4.74 Å². The molecule has 19 heavy (non-hydrogen) atoms. The highest BCUT2D eigenvalue weighted by atomic mass is 16.5. The number of nitrogens with zero attached hydrogens (tertiary/aromatic N) is 3. The predicted molar refractivity (Wildman–Crippen MR) is 76.3 cm³/mol. The lowest BCUT2D eigenvalue weighted by molar-refractivity contribution is 0.232.